The van der Waals surface area contributed by atoms with Gasteiger partial charge in [-0.1, -0.05) is 57.3 Å². The van der Waals surface area contributed by atoms with E-state index in [0.29, 0.717) is 39.3 Å². The number of halogens is 4. The van der Waals surface area contributed by atoms with Gasteiger partial charge in [0.2, 0.25) is 0 Å². The summed E-state index contributed by atoms with van der Waals surface area (Å²) in [5.41, 5.74) is 1.97. The number of rotatable bonds is 7. The lowest BCUT2D eigenvalue weighted by Crippen LogP contribution is -2.07. The zero-order chi connectivity index (χ0) is 20.1. The quantitative estimate of drug-likeness (QED) is 0.388. The van der Waals surface area contributed by atoms with Crippen LogP contribution in [0.2, 0.25) is 10.0 Å². The number of hydrogen-bond acceptors (Lipinski definition) is 3. The second-order valence-corrected chi connectivity index (χ2v) is 7.61. The van der Waals surface area contributed by atoms with E-state index in [2.05, 4.69) is 21.2 Å². The van der Waals surface area contributed by atoms with Crippen LogP contribution in [0.1, 0.15) is 11.1 Å². The Morgan fingerprint density at radius 3 is 2.61 bits per heavy atom. The molecule has 0 fully saturated rings. The van der Waals surface area contributed by atoms with Crippen LogP contribution in [0.3, 0.4) is 0 Å². The molecule has 3 aromatic carbocycles. The molecule has 0 saturated heterocycles. The summed E-state index contributed by atoms with van der Waals surface area (Å²) in [5.74, 6) is 0.751. The van der Waals surface area contributed by atoms with E-state index in [1.807, 2.05) is 6.07 Å². The van der Waals surface area contributed by atoms with E-state index in [-0.39, 0.29) is 12.4 Å². The SMILES string of the molecule is COc1ccc(Br)c(CNc2cc(Cl)ccc2Cl)c1OCc1ccccc1F. The van der Waals surface area contributed by atoms with Crippen molar-refractivity contribution in [2.75, 3.05) is 12.4 Å². The van der Waals surface area contributed by atoms with Gasteiger partial charge >= 0.3 is 0 Å². The minimum Gasteiger partial charge on any atom is -0.493 e. The van der Waals surface area contributed by atoms with Crippen molar-refractivity contribution in [1.29, 1.82) is 0 Å². The number of nitrogens with one attached hydrogen (secondary N) is 1. The minimum absolute atomic E-state index is 0.0738. The second-order valence-electron chi connectivity index (χ2n) is 5.92. The van der Waals surface area contributed by atoms with Crippen LogP contribution in [0.25, 0.3) is 0 Å². The molecular weight excluding hydrogens is 468 g/mol. The van der Waals surface area contributed by atoms with Gasteiger partial charge in [-0.25, -0.2) is 4.39 Å². The molecule has 0 aliphatic carbocycles. The number of ether oxygens (including phenoxy) is 2. The lowest BCUT2D eigenvalue weighted by Gasteiger charge is -2.18. The molecule has 0 aromatic heterocycles. The average molecular weight is 485 g/mol. The van der Waals surface area contributed by atoms with Crippen molar-refractivity contribution in [3.05, 3.63) is 86.1 Å². The fourth-order valence-corrected chi connectivity index (χ4v) is 3.46. The van der Waals surface area contributed by atoms with Crippen LogP contribution in [-0.2, 0) is 13.2 Å². The summed E-state index contributed by atoms with van der Waals surface area (Å²) in [6.07, 6.45) is 0. The smallest absolute Gasteiger partial charge is 0.167 e. The summed E-state index contributed by atoms with van der Waals surface area (Å²) in [7, 11) is 1.56. The molecule has 0 bridgehead atoms. The Balaban J connectivity index is 1.87. The van der Waals surface area contributed by atoms with Crippen LogP contribution in [0, 0.1) is 5.82 Å². The van der Waals surface area contributed by atoms with Gasteiger partial charge < -0.3 is 14.8 Å². The van der Waals surface area contributed by atoms with E-state index >= 15 is 0 Å². The Labute approximate surface area is 181 Å². The summed E-state index contributed by atoms with van der Waals surface area (Å²) in [4.78, 5) is 0. The molecule has 3 aromatic rings. The third-order valence-corrected chi connectivity index (χ3v) is 5.41. The first-order chi connectivity index (χ1) is 13.5. The zero-order valence-corrected chi connectivity index (χ0v) is 18.0. The van der Waals surface area contributed by atoms with Crippen molar-refractivity contribution < 1.29 is 13.9 Å². The highest BCUT2D eigenvalue weighted by Crippen LogP contribution is 2.38. The molecule has 0 amide bonds. The molecule has 0 atom stereocenters. The number of methoxy groups -OCH3 is 1. The van der Waals surface area contributed by atoms with Gasteiger partial charge in [-0.15, -0.1) is 0 Å². The molecular formula is C21H17BrCl2FNO2. The molecule has 146 valence electrons. The highest BCUT2D eigenvalue weighted by molar-refractivity contribution is 9.10. The summed E-state index contributed by atoms with van der Waals surface area (Å²) in [6, 6.07) is 15.3. The molecule has 0 spiro atoms. The standard InChI is InChI=1S/C21H17BrCl2FNO2/c1-27-20-9-7-16(22)15(11-26-19-10-14(23)6-8-17(19)24)21(20)28-12-13-4-2-3-5-18(13)25/h2-10,26H,11-12H2,1H3. The van der Waals surface area contributed by atoms with Gasteiger partial charge in [-0.3, -0.25) is 0 Å². The van der Waals surface area contributed by atoms with E-state index in [4.69, 9.17) is 32.7 Å². The lowest BCUT2D eigenvalue weighted by molar-refractivity contribution is 0.276. The average Bonchev–Trinajstić information content (AvgIpc) is 2.69. The maximum Gasteiger partial charge on any atom is 0.167 e. The number of hydrogen-bond donors (Lipinski definition) is 1. The largest absolute Gasteiger partial charge is 0.493 e. The van der Waals surface area contributed by atoms with Crippen LogP contribution >= 0.6 is 39.1 Å². The van der Waals surface area contributed by atoms with Crippen LogP contribution in [0.15, 0.2) is 59.1 Å². The maximum absolute atomic E-state index is 13.9. The van der Waals surface area contributed by atoms with Gasteiger partial charge in [0.25, 0.3) is 0 Å². The lowest BCUT2D eigenvalue weighted by atomic mass is 10.1. The summed E-state index contributed by atoms with van der Waals surface area (Å²) >= 11 is 15.8. The fraction of sp³-hybridized carbons (Fsp3) is 0.143. The zero-order valence-electron chi connectivity index (χ0n) is 14.9. The van der Waals surface area contributed by atoms with E-state index in [1.54, 1.807) is 49.6 Å². The summed E-state index contributed by atoms with van der Waals surface area (Å²) in [5, 5.41) is 4.39. The minimum atomic E-state index is -0.318. The first kappa shape index (κ1) is 20.8. The molecule has 1 N–H and O–H groups in total. The molecule has 0 aliphatic rings. The first-order valence-electron chi connectivity index (χ1n) is 8.40. The van der Waals surface area contributed by atoms with Crippen molar-refractivity contribution in [2.45, 2.75) is 13.2 Å². The van der Waals surface area contributed by atoms with Crippen molar-refractivity contribution in [1.82, 2.24) is 0 Å². The Hall–Kier alpha value is -1.95. The normalized spacial score (nSPS) is 10.6. The first-order valence-corrected chi connectivity index (χ1v) is 9.95. The monoisotopic (exact) mass is 483 g/mol. The fourth-order valence-electron chi connectivity index (χ4n) is 2.65. The Morgan fingerprint density at radius 2 is 1.86 bits per heavy atom. The molecule has 3 rings (SSSR count). The molecule has 0 unspecified atom stereocenters. The molecule has 0 aliphatic heterocycles. The van der Waals surface area contributed by atoms with E-state index in [1.165, 1.54) is 6.07 Å². The highest BCUT2D eigenvalue weighted by Gasteiger charge is 2.16. The number of anilines is 1. The van der Waals surface area contributed by atoms with E-state index in [9.17, 15) is 4.39 Å². The second kappa shape index (κ2) is 9.50. The molecule has 0 heterocycles. The van der Waals surface area contributed by atoms with Crippen molar-refractivity contribution in [3.8, 4) is 11.5 Å². The highest BCUT2D eigenvalue weighted by atomic mass is 79.9. The molecule has 3 nitrogen and oxygen atoms in total. The molecule has 0 radical (unpaired) electrons. The Bertz CT molecular complexity index is 985. The predicted molar refractivity (Wildman–Crippen MR) is 115 cm³/mol. The summed E-state index contributed by atoms with van der Waals surface area (Å²) in [6.45, 7) is 0.467. The third kappa shape index (κ3) is 4.90. The van der Waals surface area contributed by atoms with Crippen LogP contribution < -0.4 is 14.8 Å². The Kier molecular flexibility index (Phi) is 7.05. The number of benzene rings is 3. The van der Waals surface area contributed by atoms with Gasteiger partial charge in [0.15, 0.2) is 11.5 Å². The summed E-state index contributed by atoms with van der Waals surface area (Å²) < 4.78 is 26.2. The van der Waals surface area contributed by atoms with Crippen LogP contribution in [0.5, 0.6) is 11.5 Å². The maximum atomic E-state index is 13.9. The molecule has 7 heteroatoms. The molecule has 28 heavy (non-hydrogen) atoms. The van der Waals surface area contributed by atoms with Crippen LogP contribution in [0.4, 0.5) is 10.1 Å². The van der Waals surface area contributed by atoms with Crippen molar-refractivity contribution in [3.63, 3.8) is 0 Å². The van der Waals surface area contributed by atoms with Gasteiger partial charge in [0, 0.05) is 27.2 Å². The van der Waals surface area contributed by atoms with Crippen molar-refractivity contribution in [2.24, 2.45) is 0 Å². The van der Waals surface area contributed by atoms with Gasteiger partial charge in [0.05, 0.1) is 17.8 Å². The van der Waals surface area contributed by atoms with Crippen LogP contribution in [-0.4, -0.2) is 7.11 Å². The van der Waals surface area contributed by atoms with E-state index < -0.39 is 0 Å². The molecule has 0 saturated carbocycles. The van der Waals surface area contributed by atoms with Gasteiger partial charge in [0.1, 0.15) is 12.4 Å². The van der Waals surface area contributed by atoms with Crippen molar-refractivity contribution >= 4 is 44.8 Å². The van der Waals surface area contributed by atoms with Gasteiger partial charge in [-0.2, -0.15) is 0 Å². The topological polar surface area (TPSA) is 30.5 Å². The third-order valence-electron chi connectivity index (χ3n) is 4.10. The predicted octanol–water partition coefficient (Wildman–Crippen LogP) is 7.09. The Morgan fingerprint density at radius 1 is 1.07 bits per heavy atom. The van der Waals surface area contributed by atoms with Gasteiger partial charge in [-0.05, 0) is 36.4 Å². The van der Waals surface area contributed by atoms with E-state index in [0.717, 1.165) is 10.0 Å².